The van der Waals surface area contributed by atoms with E-state index in [1.54, 1.807) is 6.07 Å². The number of benzene rings is 2. The summed E-state index contributed by atoms with van der Waals surface area (Å²) in [5.74, 6) is 0. The molecule has 0 saturated heterocycles. The minimum absolute atomic E-state index is 0.0840. The lowest BCUT2D eigenvalue weighted by atomic mass is 10.0. The van der Waals surface area contributed by atoms with Crippen LogP contribution in [0.4, 0.5) is 13.2 Å². The number of halogens is 3. The molecule has 0 saturated carbocycles. The maximum atomic E-state index is 12.7. The second-order valence-electron chi connectivity index (χ2n) is 5.16. The first-order valence-corrected chi connectivity index (χ1v) is 6.83. The van der Waals surface area contributed by atoms with E-state index in [2.05, 4.69) is 5.32 Å². The molecule has 0 amide bonds. The number of nitrogens with one attached hydrogen (secondary N) is 1. The summed E-state index contributed by atoms with van der Waals surface area (Å²) in [5.41, 5.74) is 2.35. The molecule has 1 N–H and O–H groups in total. The Kier molecular flexibility index (Phi) is 4.68. The van der Waals surface area contributed by atoms with E-state index in [1.165, 1.54) is 17.7 Å². The first-order valence-electron chi connectivity index (χ1n) is 6.83. The summed E-state index contributed by atoms with van der Waals surface area (Å²) in [4.78, 5) is 0. The molecule has 0 spiro atoms. The largest absolute Gasteiger partial charge is 0.416 e. The summed E-state index contributed by atoms with van der Waals surface area (Å²) in [5, 5.41) is 3.27. The lowest BCUT2D eigenvalue weighted by Gasteiger charge is -2.17. The molecule has 0 aromatic heterocycles. The highest BCUT2D eigenvalue weighted by Crippen LogP contribution is 2.29. The van der Waals surface area contributed by atoms with Crippen LogP contribution in [0.5, 0.6) is 0 Å². The van der Waals surface area contributed by atoms with Crippen LogP contribution in [-0.4, -0.2) is 0 Å². The second-order valence-corrected chi connectivity index (χ2v) is 5.16. The molecule has 2 aromatic carbocycles. The summed E-state index contributed by atoms with van der Waals surface area (Å²) in [7, 11) is 0. The molecule has 0 bridgehead atoms. The van der Waals surface area contributed by atoms with Crippen LogP contribution in [0.2, 0.25) is 0 Å². The Morgan fingerprint density at radius 2 is 1.76 bits per heavy atom. The third kappa shape index (κ3) is 4.08. The molecule has 0 radical (unpaired) electrons. The predicted molar refractivity (Wildman–Crippen MR) is 77.9 cm³/mol. The van der Waals surface area contributed by atoms with Gasteiger partial charge in [-0.3, -0.25) is 0 Å². The average molecular weight is 293 g/mol. The normalized spacial score (nSPS) is 13.2. The molecule has 0 unspecified atom stereocenters. The van der Waals surface area contributed by atoms with E-state index in [1.807, 2.05) is 38.1 Å². The van der Waals surface area contributed by atoms with E-state index >= 15 is 0 Å². The Labute approximate surface area is 122 Å². The van der Waals surface area contributed by atoms with E-state index < -0.39 is 11.7 Å². The quantitative estimate of drug-likeness (QED) is 0.848. The molecule has 1 atom stereocenters. The molecule has 1 nitrogen and oxygen atoms in total. The summed E-state index contributed by atoms with van der Waals surface area (Å²) < 4.78 is 38.0. The van der Waals surface area contributed by atoms with Crippen molar-refractivity contribution in [2.75, 3.05) is 0 Å². The molecule has 2 rings (SSSR count). The molecule has 0 aliphatic carbocycles. The third-order valence-corrected chi connectivity index (χ3v) is 3.52. The van der Waals surface area contributed by atoms with Gasteiger partial charge < -0.3 is 5.32 Å². The van der Waals surface area contributed by atoms with Gasteiger partial charge in [-0.15, -0.1) is 0 Å². The minimum atomic E-state index is -4.29. The van der Waals surface area contributed by atoms with E-state index in [-0.39, 0.29) is 6.04 Å². The summed E-state index contributed by atoms with van der Waals surface area (Å²) >= 11 is 0. The van der Waals surface area contributed by atoms with Crippen molar-refractivity contribution in [1.82, 2.24) is 5.32 Å². The van der Waals surface area contributed by atoms with Gasteiger partial charge in [-0.05, 0) is 36.6 Å². The fourth-order valence-electron chi connectivity index (χ4n) is 2.31. The second kappa shape index (κ2) is 6.31. The Morgan fingerprint density at radius 3 is 2.43 bits per heavy atom. The highest BCUT2D eigenvalue weighted by Gasteiger charge is 2.30. The van der Waals surface area contributed by atoms with Crippen LogP contribution in [0.1, 0.15) is 35.2 Å². The fraction of sp³-hybridized carbons (Fsp3) is 0.294. The minimum Gasteiger partial charge on any atom is -0.306 e. The van der Waals surface area contributed by atoms with Crippen LogP contribution in [-0.2, 0) is 12.7 Å². The molecular formula is C17H18F3N. The van der Waals surface area contributed by atoms with Gasteiger partial charge in [-0.1, -0.05) is 42.5 Å². The van der Waals surface area contributed by atoms with Crippen LogP contribution in [0, 0.1) is 6.92 Å². The molecule has 0 fully saturated rings. The average Bonchev–Trinajstić information content (AvgIpc) is 2.45. The van der Waals surface area contributed by atoms with Crippen LogP contribution in [0.25, 0.3) is 0 Å². The van der Waals surface area contributed by atoms with E-state index in [0.717, 1.165) is 11.6 Å². The standard InChI is InChI=1S/C17H18F3N/c1-12-6-3-4-9-16(12)13(2)21-11-14-7-5-8-15(10-14)17(18,19)20/h3-10,13,21H,11H2,1-2H3/t13-/m1/s1. The summed E-state index contributed by atoms with van der Waals surface area (Å²) in [6.45, 7) is 4.44. The van der Waals surface area contributed by atoms with E-state index in [0.29, 0.717) is 12.1 Å². The summed E-state index contributed by atoms with van der Waals surface area (Å²) in [6, 6.07) is 13.5. The van der Waals surface area contributed by atoms with Crippen LogP contribution < -0.4 is 5.32 Å². The number of hydrogen-bond donors (Lipinski definition) is 1. The van der Waals surface area contributed by atoms with Crippen molar-refractivity contribution < 1.29 is 13.2 Å². The molecule has 0 aliphatic heterocycles. The van der Waals surface area contributed by atoms with Crippen molar-refractivity contribution >= 4 is 0 Å². The highest BCUT2D eigenvalue weighted by atomic mass is 19.4. The van der Waals surface area contributed by atoms with Gasteiger partial charge in [0.1, 0.15) is 0 Å². The first kappa shape index (κ1) is 15.6. The van der Waals surface area contributed by atoms with Gasteiger partial charge in [-0.2, -0.15) is 13.2 Å². The number of hydrogen-bond acceptors (Lipinski definition) is 1. The monoisotopic (exact) mass is 293 g/mol. The molecule has 0 aliphatic rings. The van der Waals surface area contributed by atoms with E-state index in [4.69, 9.17) is 0 Å². The zero-order chi connectivity index (χ0) is 15.5. The molecule has 4 heteroatoms. The highest BCUT2D eigenvalue weighted by molar-refractivity contribution is 5.29. The Balaban J connectivity index is 2.05. The van der Waals surface area contributed by atoms with Gasteiger partial charge in [0.15, 0.2) is 0 Å². The van der Waals surface area contributed by atoms with Crippen LogP contribution in [0.3, 0.4) is 0 Å². The fourth-order valence-corrected chi connectivity index (χ4v) is 2.31. The van der Waals surface area contributed by atoms with Gasteiger partial charge in [-0.25, -0.2) is 0 Å². The smallest absolute Gasteiger partial charge is 0.306 e. The third-order valence-electron chi connectivity index (χ3n) is 3.52. The molecule has 112 valence electrons. The molecular weight excluding hydrogens is 275 g/mol. The first-order chi connectivity index (χ1) is 9.88. The molecule has 0 heterocycles. The van der Waals surface area contributed by atoms with Gasteiger partial charge >= 0.3 is 6.18 Å². The number of aryl methyl sites for hydroxylation is 1. The van der Waals surface area contributed by atoms with Gasteiger partial charge in [0, 0.05) is 12.6 Å². The Bertz CT molecular complexity index is 605. The van der Waals surface area contributed by atoms with Gasteiger partial charge in [0.25, 0.3) is 0 Å². The molecule has 2 aromatic rings. The Morgan fingerprint density at radius 1 is 1.05 bits per heavy atom. The van der Waals surface area contributed by atoms with Crippen molar-refractivity contribution in [2.45, 2.75) is 32.6 Å². The van der Waals surface area contributed by atoms with Gasteiger partial charge in [0.2, 0.25) is 0 Å². The summed E-state index contributed by atoms with van der Waals surface area (Å²) in [6.07, 6.45) is -4.29. The molecule has 21 heavy (non-hydrogen) atoms. The van der Waals surface area contributed by atoms with Crippen molar-refractivity contribution in [3.8, 4) is 0 Å². The zero-order valence-electron chi connectivity index (χ0n) is 12.0. The SMILES string of the molecule is Cc1ccccc1[C@@H](C)NCc1cccc(C(F)(F)F)c1. The number of rotatable bonds is 4. The predicted octanol–water partition coefficient (Wildman–Crippen LogP) is 4.86. The lowest BCUT2D eigenvalue weighted by Crippen LogP contribution is -2.19. The maximum Gasteiger partial charge on any atom is 0.416 e. The van der Waals surface area contributed by atoms with Crippen molar-refractivity contribution in [3.63, 3.8) is 0 Å². The zero-order valence-corrected chi connectivity index (χ0v) is 12.0. The van der Waals surface area contributed by atoms with Crippen LogP contribution >= 0.6 is 0 Å². The maximum absolute atomic E-state index is 12.7. The number of alkyl halides is 3. The topological polar surface area (TPSA) is 12.0 Å². The van der Waals surface area contributed by atoms with E-state index in [9.17, 15) is 13.2 Å². The Hall–Kier alpha value is -1.81. The van der Waals surface area contributed by atoms with Crippen molar-refractivity contribution in [3.05, 3.63) is 70.8 Å². The lowest BCUT2D eigenvalue weighted by molar-refractivity contribution is -0.137. The van der Waals surface area contributed by atoms with Crippen molar-refractivity contribution in [1.29, 1.82) is 0 Å². The van der Waals surface area contributed by atoms with Gasteiger partial charge in [0.05, 0.1) is 5.56 Å². The van der Waals surface area contributed by atoms with Crippen molar-refractivity contribution in [2.24, 2.45) is 0 Å². The van der Waals surface area contributed by atoms with Crippen LogP contribution in [0.15, 0.2) is 48.5 Å².